The zero-order valence-electron chi connectivity index (χ0n) is 18.4. The number of benzene rings is 1. The summed E-state index contributed by atoms with van der Waals surface area (Å²) in [6.07, 6.45) is 1.60. The number of carbonyl (C=O) groups excluding carboxylic acids is 2. The van der Waals surface area contributed by atoms with Gasteiger partial charge in [-0.25, -0.2) is 4.79 Å². The summed E-state index contributed by atoms with van der Waals surface area (Å²) in [5, 5.41) is 9.19. The molecule has 2 aromatic heterocycles. The van der Waals surface area contributed by atoms with E-state index in [0.29, 0.717) is 44.9 Å². The highest BCUT2D eigenvalue weighted by Gasteiger charge is 2.33. The molecule has 3 heterocycles. The Kier molecular flexibility index (Phi) is 7.35. The number of hydrogen-bond donors (Lipinski definition) is 1. The summed E-state index contributed by atoms with van der Waals surface area (Å²) in [5.74, 6) is 0.369. The summed E-state index contributed by atoms with van der Waals surface area (Å²) in [6.45, 7) is 0.173. The normalized spacial score (nSPS) is 15.4. The molecule has 1 N–H and O–H groups in total. The van der Waals surface area contributed by atoms with Crippen molar-refractivity contribution in [2.24, 2.45) is 0 Å². The minimum Gasteiger partial charge on any atom is -0.494 e. The van der Waals surface area contributed by atoms with E-state index in [1.807, 2.05) is 0 Å². The second-order valence-corrected chi connectivity index (χ2v) is 9.44. The predicted octanol–water partition coefficient (Wildman–Crippen LogP) is 4.08. The van der Waals surface area contributed by atoms with Gasteiger partial charge >= 0.3 is 6.09 Å². The van der Waals surface area contributed by atoms with E-state index in [2.05, 4.69) is 0 Å². The lowest BCUT2D eigenvalue weighted by molar-refractivity contribution is 0.0943. The number of anilines is 1. The van der Waals surface area contributed by atoms with Crippen LogP contribution in [-0.2, 0) is 11.2 Å². The summed E-state index contributed by atoms with van der Waals surface area (Å²) in [5.41, 5.74) is 1.31. The van der Waals surface area contributed by atoms with Crippen molar-refractivity contribution in [1.29, 1.82) is 0 Å². The summed E-state index contributed by atoms with van der Waals surface area (Å²) >= 11 is 7.13. The van der Waals surface area contributed by atoms with Crippen LogP contribution in [0.3, 0.4) is 0 Å². The molecular formula is C24H23ClN2O6S. The van der Waals surface area contributed by atoms with Gasteiger partial charge in [-0.05, 0) is 36.8 Å². The molecule has 178 valence electrons. The highest BCUT2D eigenvalue weighted by molar-refractivity contribution is 7.18. The molecule has 0 saturated carbocycles. The van der Waals surface area contributed by atoms with E-state index in [0.717, 1.165) is 0 Å². The average molecular weight is 503 g/mol. The molecule has 10 heteroatoms. The Morgan fingerprint density at radius 1 is 1.26 bits per heavy atom. The van der Waals surface area contributed by atoms with E-state index < -0.39 is 12.2 Å². The first kappa shape index (κ1) is 24.0. The van der Waals surface area contributed by atoms with Gasteiger partial charge in [0.2, 0.25) is 0 Å². The summed E-state index contributed by atoms with van der Waals surface area (Å²) < 4.78 is 13.0. The van der Waals surface area contributed by atoms with Crippen molar-refractivity contribution in [3.63, 3.8) is 0 Å². The third kappa shape index (κ3) is 5.01. The number of cyclic esters (lactones) is 1. The quantitative estimate of drug-likeness (QED) is 0.443. The van der Waals surface area contributed by atoms with Gasteiger partial charge in [0, 0.05) is 37.3 Å². The molecule has 0 aliphatic carbocycles. The van der Waals surface area contributed by atoms with Crippen LogP contribution in [0, 0.1) is 0 Å². The largest absolute Gasteiger partial charge is 0.494 e. The molecule has 0 radical (unpaired) electrons. The first-order valence-electron chi connectivity index (χ1n) is 10.7. The minimum atomic E-state index is -0.506. The lowest BCUT2D eigenvalue weighted by Crippen LogP contribution is -2.25. The highest BCUT2D eigenvalue weighted by atomic mass is 35.5. The number of methoxy groups -OCH3 is 1. The first-order chi connectivity index (χ1) is 16.4. The molecule has 3 aromatic rings. The molecule has 1 aliphatic heterocycles. The smallest absolute Gasteiger partial charge is 0.414 e. The Morgan fingerprint density at radius 2 is 2.09 bits per heavy atom. The number of nitrogens with zero attached hydrogens (tertiary/aromatic N) is 2. The molecule has 0 spiro atoms. The monoisotopic (exact) mass is 502 g/mol. The van der Waals surface area contributed by atoms with Gasteiger partial charge in [-0.2, -0.15) is 0 Å². The fourth-order valence-corrected chi connectivity index (χ4v) is 4.85. The maximum atomic E-state index is 12.8. The second kappa shape index (κ2) is 10.4. The summed E-state index contributed by atoms with van der Waals surface area (Å²) in [4.78, 5) is 39.7. The lowest BCUT2D eigenvalue weighted by atomic mass is 10.1. The van der Waals surface area contributed by atoms with Crippen molar-refractivity contribution in [3.8, 4) is 11.4 Å². The van der Waals surface area contributed by atoms with Crippen molar-refractivity contribution in [3.05, 3.63) is 73.8 Å². The van der Waals surface area contributed by atoms with E-state index in [9.17, 15) is 19.5 Å². The van der Waals surface area contributed by atoms with Crippen molar-refractivity contribution >= 4 is 40.5 Å². The van der Waals surface area contributed by atoms with Crippen LogP contribution >= 0.6 is 22.9 Å². The maximum absolute atomic E-state index is 12.8. The van der Waals surface area contributed by atoms with Gasteiger partial charge in [0.05, 0.1) is 34.2 Å². The van der Waals surface area contributed by atoms with Crippen LogP contribution in [0.4, 0.5) is 10.5 Å². The number of aromatic nitrogens is 1. The Morgan fingerprint density at radius 3 is 2.79 bits per heavy atom. The second-order valence-electron chi connectivity index (χ2n) is 7.72. The number of hydrogen-bond acceptors (Lipinski definition) is 7. The molecule has 1 aromatic carbocycles. The fourth-order valence-electron chi connectivity index (χ4n) is 3.83. The number of ether oxygens (including phenoxy) is 2. The number of amides is 1. The molecule has 8 nitrogen and oxygen atoms in total. The van der Waals surface area contributed by atoms with Gasteiger partial charge in [0.1, 0.15) is 11.9 Å². The molecule has 0 unspecified atom stereocenters. The number of thiophene rings is 1. The van der Waals surface area contributed by atoms with E-state index >= 15 is 0 Å². The highest BCUT2D eigenvalue weighted by Crippen LogP contribution is 2.31. The van der Waals surface area contributed by atoms with Crippen LogP contribution in [0.5, 0.6) is 5.75 Å². The molecule has 1 amide bonds. The number of Topliss-reactive ketones (excluding diaryl/α,β-unsaturated/α-hetero) is 1. The minimum absolute atomic E-state index is 0.0358. The molecule has 1 aliphatic rings. The lowest BCUT2D eigenvalue weighted by Gasteiger charge is -2.17. The Balaban J connectivity index is 1.49. The van der Waals surface area contributed by atoms with Gasteiger partial charge in [-0.1, -0.05) is 17.7 Å². The van der Waals surface area contributed by atoms with Crippen LogP contribution < -0.4 is 15.2 Å². The zero-order valence-corrected chi connectivity index (χ0v) is 20.0. The number of pyridine rings is 1. The molecule has 34 heavy (non-hydrogen) atoms. The molecule has 1 atom stereocenters. The predicted molar refractivity (Wildman–Crippen MR) is 130 cm³/mol. The zero-order chi connectivity index (χ0) is 24.2. The molecule has 1 fully saturated rings. The van der Waals surface area contributed by atoms with Crippen molar-refractivity contribution < 1.29 is 24.2 Å². The fraction of sp³-hybridized carbons (Fsp3) is 0.292. The number of carbonyl (C=O) groups is 2. The van der Waals surface area contributed by atoms with Gasteiger partial charge in [-0.15, -0.1) is 11.3 Å². The molecule has 0 bridgehead atoms. The number of halogens is 1. The van der Waals surface area contributed by atoms with Gasteiger partial charge < -0.3 is 14.6 Å². The topological polar surface area (TPSA) is 98.1 Å². The van der Waals surface area contributed by atoms with Crippen molar-refractivity contribution in [2.75, 3.05) is 25.2 Å². The van der Waals surface area contributed by atoms with Crippen LogP contribution in [0.15, 0.2) is 53.5 Å². The third-order valence-corrected chi connectivity index (χ3v) is 6.83. The summed E-state index contributed by atoms with van der Waals surface area (Å²) in [7, 11) is 1.48. The maximum Gasteiger partial charge on any atom is 0.414 e. The van der Waals surface area contributed by atoms with Crippen molar-refractivity contribution in [1.82, 2.24) is 4.57 Å². The molecule has 4 rings (SSSR count). The first-order valence-corrected chi connectivity index (χ1v) is 11.9. The van der Waals surface area contributed by atoms with E-state index in [1.165, 1.54) is 27.9 Å². The Hall–Kier alpha value is -3.14. The molecular weight excluding hydrogens is 480 g/mol. The van der Waals surface area contributed by atoms with Crippen LogP contribution in [0.2, 0.25) is 4.34 Å². The van der Waals surface area contributed by atoms with Crippen molar-refractivity contribution in [2.45, 2.75) is 25.4 Å². The van der Waals surface area contributed by atoms with E-state index in [-0.39, 0.29) is 30.8 Å². The van der Waals surface area contributed by atoms with Crippen LogP contribution in [-0.4, -0.2) is 47.9 Å². The van der Waals surface area contributed by atoms with E-state index in [4.69, 9.17) is 21.1 Å². The number of aliphatic hydroxyl groups excluding tert-OH is 1. The van der Waals surface area contributed by atoms with Gasteiger partial charge in [0.15, 0.2) is 5.78 Å². The Bertz CT molecular complexity index is 1270. The third-order valence-electron chi connectivity index (χ3n) is 5.56. The van der Waals surface area contributed by atoms with Gasteiger partial charge in [0.25, 0.3) is 5.56 Å². The SMILES string of the molecule is COc1cc(N2C[C@H](CCC(=O)c3ccc(Cl)s3)OC2=O)ccc1-n1cccc(CCO)c1=O. The van der Waals surface area contributed by atoms with Crippen LogP contribution in [0.25, 0.3) is 5.69 Å². The number of aliphatic hydroxyl groups is 1. The summed E-state index contributed by atoms with van der Waals surface area (Å²) in [6, 6.07) is 11.9. The average Bonchev–Trinajstić information content (AvgIpc) is 3.44. The standard InChI is InChI=1S/C24H23ClN2O6S/c1-32-20-13-16(4-6-18(20)26-11-2-3-15(10-12-28)23(26)30)27-14-17(33-24(27)31)5-7-19(29)21-8-9-22(25)34-21/h2-4,6,8-9,11,13,17,28H,5,7,10,12,14H2,1H3/t17-/m0/s1. The van der Waals surface area contributed by atoms with Crippen LogP contribution in [0.1, 0.15) is 28.1 Å². The number of ketones is 1. The number of rotatable bonds is 9. The Labute approximate surface area is 204 Å². The molecule has 1 saturated heterocycles. The van der Waals surface area contributed by atoms with Gasteiger partial charge in [-0.3, -0.25) is 19.1 Å². The van der Waals surface area contributed by atoms with E-state index in [1.54, 1.807) is 48.7 Å².